The summed E-state index contributed by atoms with van der Waals surface area (Å²) >= 11 is 0. The molecule has 4 aliphatic heterocycles. The molecule has 12 rings (SSSR count). The van der Waals surface area contributed by atoms with E-state index in [2.05, 4.69) is 155 Å². The van der Waals surface area contributed by atoms with Crippen molar-refractivity contribution in [3.63, 3.8) is 0 Å². The molecule has 4 saturated heterocycles. The lowest BCUT2D eigenvalue weighted by molar-refractivity contribution is -0.148. The van der Waals surface area contributed by atoms with Gasteiger partial charge in [0, 0.05) is 24.7 Å². The van der Waals surface area contributed by atoms with E-state index in [0.717, 1.165) is 71.9 Å². The fourth-order valence-corrected chi connectivity index (χ4v) is 12.4. The molecule has 6 aromatic carbocycles. The highest BCUT2D eigenvalue weighted by molar-refractivity contribution is 5.83. The number of hydrogen-bond donors (Lipinski definition) is 0. The molecule has 2 saturated carbocycles. The van der Waals surface area contributed by atoms with Crippen LogP contribution in [0.1, 0.15) is 96.8 Å². The monoisotopic (exact) mass is 790 g/mol. The zero-order valence-electron chi connectivity index (χ0n) is 33.8. The van der Waals surface area contributed by atoms with Gasteiger partial charge in [-0.3, -0.25) is 9.59 Å². The summed E-state index contributed by atoms with van der Waals surface area (Å²) < 4.78 is 14.6. The Labute approximate surface area is 352 Å². The van der Waals surface area contributed by atoms with Gasteiger partial charge in [0.2, 0.25) is 11.8 Å². The molecule has 300 valence electrons. The smallest absolute Gasteiger partial charge is 0.225 e. The molecule has 6 aromatic rings. The van der Waals surface area contributed by atoms with Crippen molar-refractivity contribution in [3.8, 4) is 0 Å². The number of ether oxygens (including phenoxy) is 2. The first-order chi connectivity index (χ1) is 29.5. The lowest BCUT2D eigenvalue weighted by atomic mass is 9.77. The Morgan fingerprint density at radius 1 is 0.400 bits per heavy atom. The highest BCUT2D eigenvalue weighted by Gasteiger charge is 2.72. The van der Waals surface area contributed by atoms with E-state index in [-0.39, 0.29) is 35.7 Å². The summed E-state index contributed by atoms with van der Waals surface area (Å²) in [4.78, 5) is 31.1. The lowest BCUT2D eigenvalue weighted by Crippen LogP contribution is -2.43. The molecule has 4 heterocycles. The van der Waals surface area contributed by atoms with Gasteiger partial charge in [0.25, 0.3) is 0 Å². The maximum Gasteiger partial charge on any atom is 0.225 e. The highest BCUT2D eigenvalue weighted by atomic mass is 16.6. The zero-order valence-corrected chi connectivity index (χ0v) is 33.8. The topological polar surface area (TPSA) is 59.1 Å². The summed E-state index contributed by atoms with van der Waals surface area (Å²) in [6.45, 7) is 0. The van der Waals surface area contributed by atoms with Gasteiger partial charge in [0.15, 0.2) is 0 Å². The van der Waals surface area contributed by atoms with E-state index in [1.54, 1.807) is 0 Å². The molecule has 60 heavy (non-hydrogen) atoms. The minimum atomic E-state index is -0.734. The number of benzene rings is 6. The summed E-state index contributed by atoms with van der Waals surface area (Å²) in [5.74, 6) is 0.987. The van der Waals surface area contributed by atoms with Crippen molar-refractivity contribution >= 4 is 11.8 Å². The summed E-state index contributed by atoms with van der Waals surface area (Å²) in [6, 6.07) is 62.4. The van der Waals surface area contributed by atoms with Crippen molar-refractivity contribution in [2.24, 2.45) is 11.8 Å². The Balaban J connectivity index is 0.000000136. The van der Waals surface area contributed by atoms with Crippen LogP contribution in [0.5, 0.6) is 0 Å². The fourth-order valence-electron chi connectivity index (χ4n) is 12.4. The van der Waals surface area contributed by atoms with E-state index in [4.69, 9.17) is 9.47 Å². The van der Waals surface area contributed by atoms with Crippen molar-refractivity contribution in [2.75, 3.05) is 0 Å². The number of carbonyl (C=O) groups is 2. The number of nitrogens with zero attached hydrogens (tertiary/aromatic N) is 2. The molecular formula is C54H50N2O4. The predicted octanol–water partition coefficient (Wildman–Crippen LogP) is 10.9. The Morgan fingerprint density at radius 2 is 0.683 bits per heavy atom. The first kappa shape index (κ1) is 37.2. The van der Waals surface area contributed by atoms with Gasteiger partial charge >= 0.3 is 0 Å². The normalized spacial score (nSPS) is 29.1. The van der Waals surface area contributed by atoms with E-state index in [9.17, 15) is 9.59 Å². The second-order valence-corrected chi connectivity index (χ2v) is 17.6. The van der Waals surface area contributed by atoms with Crippen LogP contribution in [0.15, 0.2) is 182 Å². The first-order valence-corrected chi connectivity index (χ1v) is 21.9. The van der Waals surface area contributed by atoms with Crippen molar-refractivity contribution in [3.05, 3.63) is 215 Å². The predicted molar refractivity (Wildman–Crippen MR) is 231 cm³/mol. The molecule has 2 spiro atoms. The third-order valence-corrected chi connectivity index (χ3v) is 14.6. The van der Waals surface area contributed by atoms with Gasteiger partial charge < -0.3 is 19.3 Å². The third-order valence-electron chi connectivity index (χ3n) is 14.6. The summed E-state index contributed by atoms with van der Waals surface area (Å²) in [5, 5.41) is 0. The van der Waals surface area contributed by atoms with Gasteiger partial charge in [-0.1, -0.05) is 182 Å². The molecule has 6 atom stereocenters. The molecule has 2 aliphatic carbocycles. The molecule has 6 heteroatoms. The molecule has 0 unspecified atom stereocenters. The van der Waals surface area contributed by atoms with Crippen LogP contribution in [0.2, 0.25) is 0 Å². The molecule has 6 aliphatic rings. The Morgan fingerprint density at radius 3 is 0.983 bits per heavy atom. The van der Waals surface area contributed by atoms with Gasteiger partial charge in [0.1, 0.15) is 22.7 Å². The lowest BCUT2D eigenvalue weighted by Gasteiger charge is -2.37. The highest BCUT2D eigenvalue weighted by Crippen LogP contribution is 2.67. The van der Waals surface area contributed by atoms with Crippen molar-refractivity contribution in [1.29, 1.82) is 0 Å². The largest absolute Gasteiger partial charge is 0.337 e. The van der Waals surface area contributed by atoms with E-state index in [1.165, 1.54) is 0 Å². The standard InChI is InChI=1S/2C27H25NO2/c2*29-24-19-23-17-10-18-26(23)28(24)25(20-11-4-1-5-12-20)27(30-26,21-13-6-2-7-14-21)22-15-8-3-9-16-22/h2*1-9,11-16,23,25H,10,17-19H2/t2*23-,25-,26+/m11/s1. The van der Waals surface area contributed by atoms with E-state index >= 15 is 0 Å². The average molecular weight is 791 g/mol. The molecule has 0 aromatic heterocycles. The molecule has 6 fully saturated rings. The minimum Gasteiger partial charge on any atom is -0.337 e. The SMILES string of the molecule is O=C1C[C@H]2CCC[C@]23OC(c2ccccc2)(c2ccccc2)[C@@H](c2ccccc2)N13.O=C1C[C@H]2CCC[C@]23OC(c2ccccc2)(c2ccccc2)[C@@H](c2ccccc2)N13. The van der Waals surface area contributed by atoms with Crippen molar-refractivity contribution < 1.29 is 19.1 Å². The second-order valence-electron chi connectivity index (χ2n) is 17.6. The molecule has 6 nitrogen and oxygen atoms in total. The first-order valence-electron chi connectivity index (χ1n) is 21.9. The fraction of sp³-hybridized carbons (Fsp3) is 0.296. The minimum absolute atomic E-state index is 0.195. The van der Waals surface area contributed by atoms with Crippen LogP contribution < -0.4 is 0 Å². The number of amides is 2. The molecule has 2 amide bonds. The van der Waals surface area contributed by atoms with Gasteiger partial charge in [-0.2, -0.15) is 0 Å². The number of hydrogen-bond acceptors (Lipinski definition) is 4. The van der Waals surface area contributed by atoms with Crippen LogP contribution in [-0.4, -0.2) is 33.1 Å². The zero-order chi connectivity index (χ0) is 40.4. The summed E-state index contributed by atoms with van der Waals surface area (Å²) in [7, 11) is 0. The van der Waals surface area contributed by atoms with Crippen LogP contribution in [-0.2, 0) is 30.3 Å². The van der Waals surface area contributed by atoms with Crippen LogP contribution >= 0.6 is 0 Å². The quantitative estimate of drug-likeness (QED) is 0.169. The van der Waals surface area contributed by atoms with Crippen LogP contribution in [0.4, 0.5) is 0 Å². The van der Waals surface area contributed by atoms with Crippen LogP contribution in [0.25, 0.3) is 0 Å². The number of rotatable bonds is 6. The van der Waals surface area contributed by atoms with Crippen LogP contribution in [0, 0.1) is 11.8 Å². The van der Waals surface area contributed by atoms with Crippen LogP contribution in [0.3, 0.4) is 0 Å². The summed E-state index contributed by atoms with van der Waals surface area (Å²) in [6.07, 6.45) is 7.35. The Bertz CT molecular complexity index is 2230. The van der Waals surface area contributed by atoms with Crippen molar-refractivity contribution in [2.45, 2.75) is 86.1 Å². The second kappa shape index (κ2) is 14.4. The van der Waals surface area contributed by atoms with Gasteiger partial charge in [-0.15, -0.1) is 0 Å². The summed E-state index contributed by atoms with van der Waals surface area (Å²) in [5.41, 5.74) is 4.18. The average Bonchev–Trinajstić information content (AvgIpc) is 4.14. The molecule has 0 N–H and O–H groups in total. The van der Waals surface area contributed by atoms with E-state index in [0.29, 0.717) is 12.8 Å². The maximum absolute atomic E-state index is 13.4. The number of carbonyl (C=O) groups excluding carboxylic acids is 2. The molecular weight excluding hydrogens is 741 g/mol. The van der Waals surface area contributed by atoms with E-state index < -0.39 is 22.7 Å². The third kappa shape index (κ3) is 5.33. The van der Waals surface area contributed by atoms with E-state index in [1.807, 2.05) is 36.4 Å². The van der Waals surface area contributed by atoms with Crippen molar-refractivity contribution in [1.82, 2.24) is 9.80 Å². The maximum atomic E-state index is 13.4. The van der Waals surface area contributed by atoms with Gasteiger partial charge in [0.05, 0.1) is 12.1 Å². The van der Waals surface area contributed by atoms with Gasteiger partial charge in [-0.25, -0.2) is 0 Å². The molecule has 0 bridgehead atoms. The Hall–Kier alpha value is -5.82. The van der Waals surface area contributed by atoms with Gasteiger partial charge in [-0.05, 0) is 71.9 Å². The Kier molecular flexibility index (Phi) is 8.94. The molecule has 0 radical (unpaired) electrons.